The summed E-state index contributed by atoms with van der Waals surface area (Å²) in [6, 6.07) is 2.25. The second-order valence-electron chi connectivity index (χ2n) is 13.1. The maximum absolute atomic E-state index is 15.9. The fourth-order valence-corrected chi connectivity index (χ4v) is 8.33. The summed E-state index contributed by atoms with van der Waals surface area (Å²) in [6.07, 6.45) is 4.87. The van der Waals surface area contributed by atoms with Crippen molar-refractivity contribution in [3.8, 4) is 0 Å². The number of nitrogens with one attached hydrogen (secondary N) is 1. The molecule has 9 nitrogen and oxygen atoms in total. The van der Waals surface area contributed by atoms with Crippen LogP contribution in [0, 0.1) is 24.1 Å². The summed E-state index contributed by atoms with van der Waals surface area (Å²) < 4.78 is 57.3. The van der Waals surface area contributed by atoms with Gasteiger partial charge in [0.1, 0.15) is 18.5 Å². The van der Waals surface area contributed by atoms with Crippen LogP contribution in [0.5, 0.6) is 0 Å². The van der Waals surface area contributed by atoms with E-state index < -0.39 is 47.8 Å². The molecule has 3 fully saturated rings. The Labute approximate surface area is 276 Å². The van der Waals surface area contributed by atoms with E-state index >= 15 is 8.78 Å². The standard InChI is InChI=1S/C34H40F3N5O4S/c1-5-13-46-32(44)33(4)15-21(16-33)17-41-12-10-25-28(41)34(36,37)19-42(25)18-24-26(31(43)45-6-2)27(22-8-7-9-23(35)20(22)3)40-29(39-24)30-38-11-14-47-30/h5,7-9,11,14,21,25,27-28H,1,6,10,12-13,15-19H2,2-4H3,(H,39,40)/t21?,25-,27-,28+,33?/m0/s1. The first kappa shape index (κ1) is 33.4. The lowest BCUT2D eigenvalue weighted by atomic mass is 9.63. The van der Waals surface area contributed by atoms with Crippen molar-refractivity contribution in [1.29, 1.82) is 0 Å². The first-order chi connectivity index (χ1) is 22.5. The lowest BCUT2D eigenvalue weighted by Gasteiger charge is -2.45. The minimum absolute atomic E-state index is 0.0185. The van der Waals surface area contributed by atoms with E-state index in [0.29, 0.717) is 60.0 Å². The first-order valence-electron chi connectivity index (χ1n) is 16.0. The third kappa shape index (κ3) is 6.37. The quantitative estimate of drug-likeness (QED) is 0.263. The number of fused-ring (bicyclic) bond motifs is 1. The van der Waals surface area contributed by atoms with E-state index in [1.54, 1.807) is 42.5 Å². The number of hydrogen-bond acceptors (Lipinski definition) is 10. The monoisotopic (exact) mass is 671 g/mol. The van der Waals surface area contributed by atoms with Gasteiger partial charge in [-0.05, 0) is 63.1 Å². The fraction of sp³-hybridized carbons (Fsp3) is 0.529. The number of alkyl halides is 2. The van der Waals surface area contributed by atoms with Crippen LogP contribution in [0.1, 0.15) is 55.3 Å². The highest BCUT2D eigenvalue weighted by atomic mass is 32.1. The van der Waals surface area contributed by atoms with Crippen LogP contribution in [-0.2, 0) is 19.1 Å². The molecule has 1 aromatic carbocycles. The predicted molar refractivity (Wildman–Crippen MR) is 172 cm³/mol. The highest BCUT2D eigenvalue weighted by Crippen LogP contribution is 2.49. The normalized spacial score (nSPS) is 28.7. The first-order valence-corrected chi connectivity index (χ1v) is 16.9. The number of halogens is 3. The SMILES string of the molecule is C=CCOC(=O)C1(C)CC(CN2CC[C@H]3[C@@H]2C(F)(F)CN3CC2=C(C(=O)OCC)[C@H](c3cccc(F)c3C)N=C(c3nccs3)N2)C1. The van der Waals surface area contributed by atoms with Gasteiger partial charge in [0.15, 0.2) is 10.8 Å². The molecule has 4 aliphatic rings. The molecule has 1 aliphatic carbocycles. The molecule has 6 rings (SSSR count). The van der Waals surface area contributed by atoms with Gasteiger partial charge in [-0.15, -0.1) is 11.3 Å². The number of aromatic nitrogens is 1. The van der Waals surface area contributed by atoms with Gasteiger partial charge in [0.2, 0.25) is 0 Å². The molecular weight excluding hydrogens is 631 g/mol. The summed E-state index contributed by atoms with van der Waals surface area (Å²) in [7, 11) is 0. The number of amidine groups is 1. The van der Waals surface area contributed by atoms with Gasteiger partial charge in [-0.25, -0.2) is 22.9 Å². The molecule has 4 heterocycles. The van der Waals surface area contributed by atoms with E-state index in [0.717, 1.165) is 0 Å². The molecule has 2 aromatic rings. The molecule has 1 aromatic heterocycles. The number of nitrogens with zero attached hydrogens (tertiary/aromatic N) is 4. The molecule has 3 atom stereocenters. The van der Waals surface area contributed by atoms with Crippen molar-refractivity contribution in [3.05, 3.63) is 75.7 Å². The van der Waals surface area contributed by atoms with Crippen molar-refractivity contribution in [3.63, 3.8) is 0 Å². The van der Waals surface area contributed by atoms with Gasteiger partial charge < -0.3 is 14.8 Å². The Morgan fingerprint density at radius 2 is 2.02 bits per heavy atom. The van der Waals surface area contributed by atoms with Crippen LogP contribution in [-0.4, -0.2) is 90.0 Å². The molecule has 2 saturated heterocycles. The summed E-state index contributed by atoms with van der Waals surface area (Å²) >= 11 is 1.34. The van der Waals surface area contributed by atoms with Gasteiger partial charge in [-0.1, -0.05) is 24.8 Å². The third-order valence-corrected chi connectivity index (χ3v) is 10.6. The summed E-state index contributed by atoms with van der Waals surface area (Å²) in [6.45, 7) is 9.53. The van der Waals surface area contributed by atoms with Crippen LogP contribution in [0.2, 0.25) is 0 Å². The van der Waals surface area contributed by atoms with Crippen molar-refractivity contribution >= 4 is 29.1 Å². The summed E-state index contributed by atoms with van der Waals surface area (Å²) in [5, 5.41) is 5.59. The highest BCUT2D eigenvalue weighted by Gasteiger charge is 2.60. The fourth-order valence-electron chi connectivity index (χ4n) is 7.75. The van der Waals surface area contributed by atoms with Crippen molar-refractivity contribution < 1.29 is 32.2 Å². The number of hydrogen-bond donors (Lipinski definition) is 1. The van der Waals surface area contributed by atoms with E-state index in [1.807, 2.05) is 11.8 Å². The average Bonchev–Trinajstić information content (AvgIpc) is 3.75. The van der Waals surface area contributed by atoms with Crippen molar-refractivity contribution in [1.82, 2.24) is 20.1 Å². The van der Waals surface area contributed by atoms with Crippen LogP contribution in [0.4, 0.5) is 13.2 Å². The van der Waals surface area contributed by atoms with E-state index in [2.05, 4.69) is 16.9 Å². The number of benzene rings is 1. The summed E-state index contributed by atoms with van der Waals surface area (Å²) in [5.41, 5.74) is 0.772. The summed E-state index contributed by atoms with van der Waals surface area (Å²) in [5.74, 6) is -3.85. The minimum atomic E-state index is -3.00. The number of thiazole rings is 1. The lowest BCUT2D eigenvalue weighted by Crippen LogP contribution is -2.51. The predicted octanol–water partition coefficient (Wildman–Crippen LogP) is 5.04. The molecule has 47 heavy (non-hydrogen) atoms. The molecular formula is C34H40F3N5O4S. The molecule has 3 aliphatic heterocycles. The van der Waals surface area contributed by atoms with Gasteiger partial charge in [0.05, 0.1) is 30.2 Å². The Bertz CT molecular complexity index is 1590. The molecule has 252 valence electrons. The maximum atomic E-state index is 15.9. The summed E-state index contributed by atoms with van der Waals surface area (Å²) in [4.78, 5) is 38.9. The minimum Gasteiger partial charge on any atom is -0.463 e. The van der Waals surface area contributed by atoms with Gasteiger partial charge in [0.25, 0.3) is 5.92 Å². The molecule has 0 amide bonds. The Balaban J connectivity index is 1.27. The van der Waals surface area contributed by atoms with Crippen LogP contribution in [0.3, 0.4) is 0 Å². The maximum Gasteiger partial charge on any atom is 0.338 e. The second kappa shape index (κ2) is 13.2. The smallest absolute Gasteiger partial charge is 0.338 e. The molecule has 1 saturated carbocycles. The average molecular weight is 672 g/mol. The Morgan fingerprint density at radius 3 is 2.72 bits per heavy atom. The van der Waals surface area contributed by atoms with Gasteiger partial charge in [-0.2, -0.15) is 0 Å². The number of carbonyl (C=O) groups excluding carboxylic acids is 2. The third-order valence-electron chi connectivity index (χ3n) is 9.80. The number of likely N-dealkylation sites (tertiary alicyclic amines) is 2. The second-order valence-corrected chi connectivity index (χ2v) is 14.0. The molecule has 0 radical (unpaired) electrons. The molecule has 0 bridgehead atoms. The number of esters is 2. The zero-order valence-corrected chi connectivity index (χ0v) is 27.6. The Kier molecular flexibility index (Phi) is 9.34. The molecule has 1 N–H and O–H groups in total. The van der Waals surface area contributed by atoms with Crippen LogP contribution < -0.4 is 5.32 Å². The number of carbonyl (C=O) groups is 2. The Morgan fingerprint density at radius 1 is 1.23 bits per heavy atom. The van der Waals surface area contributed by atoms with E-state index in [-0.39, 0.29) is 37.2 Å². The van der Waals surface area contributed by atoms with Gasteiger partial charge >= 0.3 is 11.9 Å². The van der Waals surface area contributed by atoms with Crippen LogP contribution in [0.25, 0.3) is 0 Å². The van der Waals surface area contributed by atoms with Crippen molar-refractivity contribution in [2.75, 3.05) is 39.4 Å². The molecule has 13 heteroatoms. The van der Waals surface area contributed by atoms with Gasteiger partial charge in [-0.3, -0.25) is 19.6 Å². The van der Waals surface area contributed by atoms with E-state index in [1.165, 1.54) is 23.5 Å². The number of aliphatic imine (C=N–C) groups is 1. The number of ether oxygens (including phenoxy) is 2. The van der Waals surface area contributed by atoms with Crippen molar-refractivity contribution in [2.24, 2.45) is 16.3 Å². The topological polar surface area (TPSA) is 96.4 Å². The lowest BCUT2D eigenvalue weighted by molar-refractivity contribution is -0.163. The van der Waals surface area contributed by atoms with Crippen molar-refractivity contribution in [2.45, 2.75) is 64.1 Å². The number of rotatable bonds is 11. The molecule has 0 unspecified atom stereocenters. The largest absolute Gasteiger partial charge is 0.463 e. The highest BCUT2D eigenvalue weighted by molar-refractivity contribution is 7.11. The van der Waals surface area contributed by atoms with E-state index in [4.69, 9.17) is 14.5 Å². The van der Waals surface area contributed by atoms with Crippen LogP contribution >= 0.6 is 11.3 Å². The zero-order valence-electron chi connectivity index (χ0n) is 26.8. The Hall–Kier alpha value is -3.55. The zero-order chi connectivity index (χ0) is 33.5. The van der Waals surface area contributed by atoms with Crippen LogP contribution in [0.15, 0.2) is 58.7 Å². The molecule has 0 spiro atoms. The van der Waals surface area contributed by atoms with E-state index in [9.17, 15) is 14.0 Å². The van der Waals surface area contributed by atoms with Gasteiger partial charge in [0, 0.05) is 43.0 Å².